The molecular weight excluding hydrogens is 208 g/mol. The molecule has 0 aliphatic carbocycles. The lowest BCUT2D eigenvalue weighted by Crippen LogP contribution is -2.10. The molecule has 17 heavy (non-hydrogen) atoms. The number of rotatable bonds is 8. The standard InChI is InChI=1S/C15H26N2/c1-5-8-9-10-11-15(16)13-17(12-6-2)14(4)7-3/h6,10-13H,4-5,7-9,16H2,1-3H3/b11-10+,12-6-,15-13-. The van der Waals surface area contributed by atoms with Crippen molar-refractivity contribution in [3.05, 3.63) is 48.6 Å². The molecule has 0 aromatic rings. The highest BCUT2D eigenvalue weighted by Crippen LogP contribution is 2.09. The van der Waals surface area contributed by atoms with E-state index in [-0.39, 0.29) is 0 Å². The maximum Gasteiger partial charge on any atom is 0.0479 e. The van der Waals surface area contributed by atoms with E-state index in [0.29, 0.717) is 0 Å². The Balaban J connectivity index is 4.48. The summed E-state index contributed by atoms with van der Waals surface area (Å²) in [7, 11) is 0. The second-order valence-corrected chi connectivity index (χ2v) is 3.98. The summed E-state index contributed by atoms with van der Waals surface area (Å²) < 4.78 is 0. The summed E-state index contributed by atoms with van der Waals surface area (Å²) in [5.41, 5.74) is 7.73. The molecule has 2 nitrogen and oxygen atoms in total. The van der Waals surface area contributed by atoms with Crippen LogP contribution in [0.3, 0.4) is 0 Å². The van der Waals surface area contributed by atoms with E-state index >= 15 is 0 Å². The molecule has 2 heteroatoms. The van der Waals surface area contributed by atoms with Gasteiger partial charge in [0.1, 0.15) is 0 Å². The molecule has 0 fully saturated rings. The Bertz CT molecular complexity index is 298. The third kappa shape index (κ3) is 7.45. The van der Waals surface area contributed by atoms with E-state index in [1.807, 2.05) is 36.4 Å². The van der Waals surface area contributed by atoms with E-state index in [0.717, 1.165) is 24.2 Å². The molecule has 0 aliphatic heterocycles. The molecule has 0 aromatic heterocycles. The van der Waals surface area contributed by atoms with E-state index in [1.165, 1.54) is 12.8 Å². The summed E-state index contributed by atoms with van der Waals surface area (Å²) in [5, 5.41) is 0. The Labute approximate surface area is 106 Å². The maximum atomic E-state index is 5.94. The summed E-state index contributed by atoms with van der Waals surface area (Å²) >= 11 is 0. The van der Waals surface area contributed by atoms with Gasteiger partial charge in [0.2, 0.25) is 0 Å². The average Bonchev–Trinajstić information content (AvgIpc) is 2.33. The first-order chi connectivity index (χ1) is 8.15. The predicted molar refractivity (Wildman–Crippen MR) is 77.0 cm³/mol. The molecule has 2 N–H and O–H groups in total. The molecule has 0 aromatic carbocycles. The normalized spacial score (nSPS) is 12.5. The zero-order valence-electron chi connectivity index (χ0n) is 11.4. The fraction of sp³-hybridized carbons (Fsp3) is 0.467. The number of allylic oxidation sites excluding steroid dienone is 4. The van der Waals surface area contributed by atoms with Gasteiger partial charge >= 0.3 is 0 Å². The summed E-state index contributed by atoms with van der Waals surface area (Å²) in [6.45, 7) is 10.3. The van der Waals surface area contributed by atoms with Crippen LogP contribution >= 0.6 is 0 Å². The molecule has 0 heterocycles. The van der Waals surface area contributed by atoms with Crippen molar-refractivity contribution in [3.63, 3.8) is 0 Å². The predicted octanol–water partition coefficient (Wildman–Crippen LogP) is 4.29. The third-order valence-electron chi connectivity index (χ3n) is 2.41. The van der Waals surface area contributed by atoms with Gasteiger partial charge in [-0.2, -0.15) is 0 Å². The summed E-state index contributed by atoms with van der Waals surface area (Å²) in [6, 6.07) is 0. The SMILES string of the molecule is C=C(CC)N(/C=C\C)/C=C(N)/C=C/CCCC. The minimum atomic E-state index is 0.758. The average molecular weight is 234 g/mol. The monoisotopic (exact) mass is 234 g/mol. The van der Waals surface area contributed by atoms with Crippen molar-refractivity contribution in [2.24, 2.45) is 5.73 Å². The summed E-state index contributed by atoms with van der Waals surface area (Å²) in [5.74, 6) is 0. The van der Waals surface area contributed by atoms with Gasteiger partial charge in [0.25, 0.3) is 0 Å². The Kier molecular flexibility index (Phi) is 8.94. The van der Waals surface area contributed by atoms with Crippen LogP contribution in [-0.2, 0) is 0 Å². The van der Waals surface area contributed by atoms with E-state index in [2.05, 4.69) is 26.5 Å². The zero-order valence-corrected chi connectivity index (χ0v) is 11.4. The number of nitrogens with two attached hydrogens (primary N) is 1. The fourth-order valence-corrected chi connectivity index (χ4v) is 1.33. The van der Waals surface area contributed by atoms with Crippen molar-refractivity contribution in [2.75, 3.05) is 0 Å². The summed E-state index contributed by atoms with van der Waals surface area (Å²) in [4.78, 5) is 1.97. The van der Waals surface area contributed by atoms with Gasteiger partial charge in [-0.25, -0.2) is 0 Å². The van der Waals surface area contributed by atoms with Crippen molar-refractivity contribution in [1.29, 1.82) is 0 Å². The first-order valence-electron chi connectivity index (χ1n) is 6.38. The minimum absolute atomic E-state index is 0.758. The highest BCUT2D eigenvalue weighted by Gasteiger charge is 1.98. The smallest absolute Gasteiger partial charge is 0.0479 e. The van der Waals surface area contributed by atoms with Crippen LogP contribution < -0.4 is 5.73 Å². The minimum Gasteiger partial charge on any atom is -0.398 e. The second kappa shape index (κ2) is 9.76. The number of hydrogen-bond donors (Lipinski definition) is 1. The van der Waals surface area contributed by atoms with Crippen LogP contribution in [0, 0.1) is 0 Å². The van der Waals surface area contributed by atoms with Gasteiger partial charge in [-0.15, -0.1) is 0 Å². The Morgan fingerprint density at radius 2 is 2.06 bits per heavy atom. The number of nitrogens with zero attached hydrogens (tertiary/aromatic N) is 1. The first kappa shape index (κ1) is 15.6. The maximum absolute atomic E-state index is 5.94. The number of unbranched alkanes of at least 4 members (excludes halogenated alkanes) is 2. The van der Waals surface area contributed by atoms with Gasteiger partial charge in [-0.1, -0.05) is 45.4 Å². The van der Waals surface area contributed by atoms with Crippen molar-refractivity contribution in [2.45, 2.75) is 46.5 Å². The van der Waals surface area contributed by atoms with Crippen LogP contribution in [0.5, 0.6) is 0 Å². The van der Waals surface area contributed by atoms with Gasteiger partial charge in [0, 0.05) is 23.8 Å². The topological polar surface area (TPSA) is 29.3 Å². The molecule has 0 bridgehead atoms. The Morgan fingerprint density at radius 3 is 2.59 bits per heavy atom. The molecular formula is C15H26N2. The molecule has 0 saturated carbocycles. The lowest BCUT2D eigenvalue weighted by molar-refractivity contribution is 0.599. The quantitative estimate of drug-likeness (QED) is 0.501. The molecule has 0 radical (unpaired) electrons. The molecule has 0 rings (SSSR count). The molecule has 0 spiro atoms. The molecule has 96 valence electrons. The van der Waals surface area contributed by atoms with Crippen LogP contribution in [-0.4, -0.2) is 4.90 Å². The zero-order chi connectivity index (χ0) is 13.1. The van der Waals surface area contributed by atoms with Crippen molar-refractivity contribution in [3.8, 4) is 0 Å². The van der Waals surface area contributed by atoms with Gasteiger partial charge < -0.3 is 10.6 Å². The van der Waals surface area contributed by atoms with Gasteiger partial charge in [-0.3, -0.25) is 0 Å². The third-order valence-corrected chi connectivity index (χ3v) is 2.41. The van der Waals surface area contributed by atoms with Crippen LogP contribution in [0.1, 0.15) is 46.5 Å². The fourth-order valence-electron chi connectivity index (χ4n) is 1.33. The second-order valence-electron chi connectivity index (χ2n) is 3.98. The first-order valence-corrected chi connectivity index (χ1v) is 6.38. The number of hydrogen-bond acceptors (Lipinski definition) is 2. The lowest BCUT2D eigenvalue weighted by atomic mass is 10.2. The summed E-state index contributed by atoms with van der Waals surface area (Å²) in [6.07, 6.45) is 14.4. The molecule has 0 amide bonds. The van der Waals surface area contributed by atoms with Gasteiger partial charge in [0.15, 0.2) is 0 Å². The Hall–Kier alpha value is -1.44. The highest BCUT2D eigenvalue weighted by molar-refractivity contribution is 5.18. The highest BCUT2D eigenvalue weighted by atomic mass is 15.1. The molecule has 0 aliphatic rings. The van der Waals surface area contributed by atoms with Gasteiger partial charge in [0.05, 0.1) is 0 Å². The van der Waals surface area contributed by atoms with E-state index in [1.54, 1.807) is 0 Å². The van der Waals surface area contributed by atoms with E-state index < -0.39 is 0 Å². The van der Waals surface area contributed by atoms with E-state index in [9.17, 15) is 0 Å². The Morgan fingerprint density at radius 1 is 1.35 bits per heavy atom. The van der Waals surface area contributed by atoms with Crippen LogP contribution in [0.2, 0.25) is 0 Å². The molecule has 0 atom stereocenters. The van der Waals surface area contributed by atoms with Gasteiger partial charge in [-0.05, 0) is 25.8 Å². The van der Waals surface area contributed by atoms with Crippen LogP contribution in [0.15, 0.2) is 48.6 Å². The lowest BCUT2D eigenvalue weighted by Gasteiger charge is -2.17. The van der Waals surface area contributed by atoms with Crippen molar-refractivity contribution in [1.82, 2.24) is 4.90 Å². The van der Waals surface area contributed by atoms with Crippen LogP contribution in [0.4, 0.5) is 0 Å². The van der Waals surface area contributed by atoms with Crippen LogP contribution in [0.25, 0.3) is 0 Å². The molecule has 0 unspecified atom stereocenters. The molecule has 0 saturated heterocycles. The van der Waals surface area contributed by atoms with Crippen molar-refractivity contribution >= 4 is 0 Å². The van der Waals surface area contributed by atoms with E-state index in [4.69, 9.17) is 5.73 Å². The largest absolute Gasteiger partial charge is 0.398 e. The van der Waals surface area contributed by atoms with Crippen molar-refractivity contribution < 1.29 is 0 Å².